The van der Waals surface area contributed by atoms with Gasteiger partial charge in [-0.2, -0.15) is 0 Å². The highest BCUT2D eigenvalue weighted by Crippen LogP contribution is 2.13. The number of nitrogens with one attached hydrogen (secondary N) is 1. The molecule has 1 rings (SSSR count). The molecule has 0 heterocycles. The van der Waals surface area contributed by atoms with Crippen LogP contribution in [0.2, 0.25) is 0 Å². The third kappa shape index (κ3) is 6.15. The molecule has 0 saturated carbocycles. The minimum atomic E-state index is 0.392. The van der Waals surface area contributed by atoms with Crippen molar-refractivity contribution in [1.82, 2.24) is 5.32 Å². The van der Waals surface area contributed by atoms with Crippen LogP contribution in [0.3, 0.4) is 0 Å². The molecule has 0 aliphatic carbocycles. The van der Waals surface area contributed by atoms with Crippen LogP contribution in [-0.4, -0.2) is 33.5 Å². The Balaban J connectivity index is 2.12. The van der Waals surface area contributed by atoms with E-state index in [0.717, 1.165) is 19.6 Å². The van der Waals surface area contributed by atoms with Crippen LogP contribution >= 0.6 is 0 Å². The average Bonchev–Trinajstić information content (AvgIpc) is 2.37. The number of methoxy groups -OCH3 is 1. The number of aryl methyl sites for hydroxylation is 1. The number of ether oxygens (including phenoxy) is 2. The van der Waals surface area contributed by atoms with E-state index in [9.17, 15) is 0 Å². The smallest absolute Gasteiger partial charge is 0.0700 e. The maximum absolute atomic E-state index is 5.42. The van der Waals surface area contributed by atoms with Crippen LogP contribution < -0.4 is 5.32 Å². The van der Waals surface area contributed by atoms with Gasteiger partial charge in [0.15, 0.2) is 0 Å². The van der Waals surface area contributed by atoms with Gasteiger partial charge in [-0.3, -0.25) is 0 Å². The SMILES string of the molecule is COCCOCCCN[C@@H](C)c1cccc(C)c1. The Kier molecular flexibility index (Phi) is 7.65. The number of benzene rings is 1. The van der Waals surface area contributed by atoms with E-state index in [1.165, 1.54) is 11.1 Å². The molecule has 0 fully saturated rings. The lowest BCUT2D eigenvalue weighted by molar-refractivity contribution is 0.0693. The molecule has 0 unspecified atom stereocenters. The van der Waals surface area contributed by atoms with Crippen molar-refractivity contribution in [3.63, 3.8) is 0 Å². The summed E-state index contributed by atoms with van der Waals surface area (Å²) in [4.78, 5) is 0. The molecule has 3 nitrogen and oxygen atoms in total. The minimum Gasteiger partial charge on any atom is -0.382 e. The van der Waals surface area contributed by atoms with E-state index in [-0.39, 0.29) is 0 Å². The fraction of sp³-hybridized carbons (Fsp3) is 0.600. The van der Waals surface area contributed by atoms with Gasteiger partial charge in [-0.1, -0.05) is 29.8 Å². The summed E-state index contributed by atoms with van der Waals surface area (Å²) >= 11 is 0. The van der Waals surface area contributed by atoms with Crippen molar-refractivity contribution in [2.24, 2.45) is 0 Å². The summed E-state index contributed by atoms with van der Waals surface area (Å²) in [7, 11) is 1.69. The quantitative estimate of drug-likeness (QED) is 0.685. The molecule has 1 aromatic carbocycles. The summed E-state index contributed by atoms with van der Waals surface area (Å²) in [6.45, 7) is 7.44. The van der Waals surface area contributed by atoms with E-state index in [2.05, 4.69) is 43.4 Å². The van der Waals surface area contributed by atoms with Crippen molar-refractivity contribution in [2.45, 2.75) is 26.3 Å². The van der Waals surface area contributed by atoms with Crippen LogP contribution in [0.15, 0.2) is 24.3 Å². The molecule has 0 aliphatic rings. The largest absolute Gasteiger partial charge is 0.382 e. The first kappa shape index (κ1) is 15.2. The van der Waals surface area contributed by atoms with Gasteiger partial charge in [0.1, 0.15) is 0 Å². The highest BCUT2D eigenvalue weighted by atomic mass is 16.5. The van der Waals surface area contributed by atoms with E-state index >= 15 is 0 Å². The van der Waals surface area contributed by atoms with Crippen molar-refractivity contribution < 1.29 is 9.47 Å². The Morgan fingerprint density at radius 3 is 2.78 bits per heavy atom. The molecule has 0 aliphatic heterocycles. The molecular formula is C15H25NO2. The highest BCUT2D eigenvalue weighted by Gasteiger charge is 2.03. The van der Waals surface area contributed by atoms with Gasteiger partial charge in [0.05, 0.1) is 13.2 Å². The van der Waals surface area contributed by atoms with Gasteiger partial charge in [0.2, 0.25) is 0 Å². The molecule has 0 amide bonds. The monoisotopic (exact) mass is 251 g/mol. The topological polar surface area (TPSA) is 30.5 Å². The lowest BCUT2D eigenvalue weighted by Crippen LogP contribution is -2.21. The third-order valence-electron chi connectivity index (χ3n) is 2.89. The van der Waals surface area contributed by atoms with Crippen molar-refractivity contribution in [1.29, 1.82) is 0 Å². The first-order chi connectivity index (χ1) is 8.74. The second-order valence-electron chi connectivity index (χ2n) is 4.55. The number of hydrogen-bond acceptors (Lipinski definition) is 3. The average molecular weight is 251 g/mol. The van der Waals surface area contributed by atoms with E-state index in [0.29, 0.717) is 19.3 Å². The third-order valence-corrected chi connectivity index (χ3v) is 2.89. The number of rotatable bonds is 9. The van der Waals surface area contributed by atoms with Gasteiger partial charge < -0.3 is 14.8 Å². The first-order valence-electron chi connectivity index (χ1n) is 6.60. The second kappa shape index (κ2) is 9.09. The predicted octanol–water partition coefficient (Wildman–Crippen LogP) is 2.70. The molecule has 0 aromatic heterocycles. The van der Waals surface area contributed by atoms with Crippen molar-refractivity contribution in [3.8, 4) is 0 Å². The molecule has 0 spiro atoms. The Morgan fingerprint density at radius 1 is 1.22 bits per heavy atom. The lowest BCUT2D eigenvalue weighted by atomic mass is 10.1. The first-order valence-corrected chi connectivity index (χ1v) is 6.60. The molecule has 0 saturated heterocycles. The Morgan fingerprint density at radius 2 is 2.06 bits per heavy atom. The second-order valence-corrected chi connectivity index (χ2v) is 4.55. The van der Waals surface area contributed by atoms with Gasteiger partial charge in [-0.25, -0.2) is 0 Å². The standard InChI is InChI=1S/C15H25NO2/c1-13-6-4-7-15(12-13)14(2)16-8-5-9-18-11-10-17-3/h4,6-7,12,14,16H,5,8-11H2,1-3H3/t14-/m0/s1. The van der Waals surface area contributed by atoms with Gasteiger partial charge in [-0.15, -0.1) is 0 Å². The van der Waals surface area contributed by atoms with Crippen molar-refractivity contribution >= 4 is 0 Å². The summed E-state index contributed by atoms with van der Waals surface area (Å²) in [6, 6.07) is 9.02. The van der Waals surface area contributed by atoms with E-state index in [1.807, 2.05) is 0 Å². The van der Waals surface area contributed by atoms with E-state index in [1.54, 1.807) is 7.11 Å². The molecule has 102 valence electrons. The molecule has 0 bridgehead atoms. The van der Waals surface area contributed by atoms with Crippen LogP contribution in [0.25, 0.3) is 0 Å². The highest BCUT2D eigenvalue weighted by molar-refractivity contribution is 5.24. The zero-order chi connectivity index (χ0) is 13.2. The normalized spacial score (nSPS) is 12.6. The summed E-state index contributed by atoms with van der Waals surface area (Å²) in [6.07, 6.45) is 1.03. The van der Waals surface area contributed by atoms with Crippen LogP contribution in [-0.2, 0) is 9.47 Å². The Labute approximate surface area is 110 Å². The maximum Gasteiger partial charge on any atom is 0.0700 e. The predicted molar refractivity (Wildman–Crippen MR) is 74.9 cm³/mol. The molecular weight excluding hydrogens is 226 g/mol. The van der Waals surface area contributed by atoms with Crippen LogP contribution in [0.5, 0.6) is 0 Å². The molecule has 1 atom stereocenters. The van der Waals surface area contributed by atoms with Crippen LogP contribution in [0, 0.1) is 6.92 Å². The number of hydrogen-bond donors (Lipinski definition) is 1. The zero-order valence-electron chi connectivity index (χ0n) is 11.7. The zero-order valence-corrected chi connectivity index (χ0v) is 11.7. The minimum absolute atomic E-state index is 0.392. The van der Waals surface area contributed by atoms with Gasteiger partial charge >= 0.3 is 0 Å². The molecule has 1 aromatic rings. The summed E-state index contributed by atoms with van der Waals surface area (Å²) in [5.41, 5.74) is 2.65. The fourth-order valence-electron chi connectivity index (χ4n) is 1.79. The molecule has 3 heteroatoms. The van der Waals surface area contributed by atoms with Gasteiger partial charge in [0.25, 0.3) is 0 Å². The molecule has 1 N–H and O–H groups in total. The van der Waals surface area contributed by atoms with Crippen molar-refractivity contribution in [3.05, 3.63) is 35.4 Å². The van der Waals surface area contributed by atoms with E-state index in [4.69, 9.17) is 9.47 Å². The fourth-order valence-corrected chi connectivity index (χ4v) is 1.79. The van der Waals surface area contributed by atoms with Crippen LogP contribution in [0.4, 0.5) is 0 Å². The molecule has 18 heavy (non-hydrogen) atoms. The van der Waals surface area contributed by atoms with E-state index < -0.39 is 0 Å². The van der Waals surface area contributed by atoms with Gasteiger partial charge in [0, 0.05) is 19.8 Å². The Hall–Kier alpha value is -0.900. The van der Waals surface area contributed by atoms with Crippen molar-refractivity contribution in [2.75, 3.05) is 33.5 Å². The van der Waals surface area contributed by atoms with Gasteiger partial charge in [-0.05, 0) is 32.4 Å². The molecule has 0 radical (unpaired) electrons. The summed E-state index contributed by atoms with van der Waals surface area (Å²) < 4.78 is 10.3. The lowest BCUT2D eigenvalue weighted by Gasteiger charge is -2.14. The maximum atomic E-state index is 5.42. The summed E-state index contributed by atoms with van der Waals surface area (Å²) in [5, 5.41) is 3.51. The summed E-state index contributed by atoms with van der Waals surface area (Å²) in [5.74, 6) is 0. The van der Waals surface area contributed by atoms with Crippen LogP contribution in [0.1, 0.15) is 30.5 Å². The Bertz CT molecular complexity index is 328.